The largest absolute Gasteiger partial charge is 0.496 e. The van der Waals surface area contributed by atoms with Gasteiger partial charge in [-0.25, -0.2) is 0 Å². The number of piperazine rings is 1. The molecule has 0 aliphatic carbocycles. The number of ether oxygens (including phenoxy) is 3. The molecule has 0 spiro atoms. The number of nitrogens with zero attached hydrogens (tertiary/aromatic N) is 2. The monoisotopic (exact) mass is 464 g/mol. The van der Waals surface area contributed by atoms with E-state index in [2.05, 4.69) is 11.9 Å². The number of benzene rings is 2. The summed E-state index contributed by atoms with van der Waals surface area (Å²) in [5.41, 5.74) is 5.25. The van der Waals surface area contributed by atoms with E-state index in [1.807, 2.05) is 43.0 Å². The highest BCUT2D eigenvalue weighted by Crippen LogP contribution is 2.42. The van der Waals surface area contributed by atoms with Crippen molar-refractivity contribution in [3.05, 3.63) is 47.7 Å². The lowest BCUT2D eigenvalue weighted by atomic mass is 9.96. The first-order valence-electron chi connectivity index (χ1n) is 11.3. The Morgan fingerprint density at radius 3 is 2.35 bits per heavy atom. The summed E-state index contributed by atoms with van der Waals surface area (Å²) in [4.78, 5) is 17.1. The van der Waals surface area contributed by atoms with E-state index in [1.165, 1.54) is 0 Å². The van der Waals surface area contributed by atoms with Gasteiger partial charge in [-0.05, 0) is 50.2 Å². The summed E-state index contributed by atoms with van der Waals surface area (Å²) in [5.74, 6) is 2.05. The fraction of sp³-hybridized carbons (Fsp3) is 0.370. The maximum absolute atomic E-state index is 13.0. The molecule has 2 aromatic carbocycles. The summed E-state index contributed by atoms with van der Waals surface area (Å²) >= 11 is 0. The predicted molar refractivity (Wildman–Crippen MR) is 134 cm³/mol. The minimum atomic E-state index is 0.0257. The van der Waals surface area contributed by atoms with E-state index in [-0.39, 0.29) is 5.91 Å². The summed E-state index contributed by atoms with van der Waals surface area (Å²) < 4.78 is 22.6. The Morgan fingerprint density at radius 1 is 1.00 bits per heavy atom. The lowest BCUT2D eigenvalue weighted by molar-refractivity contribution is -0.127. The number of allylic oxidation sites excluding steroid dienone is 1. The van der Waals surface area contributed by atoms with Crippen molar-refractivity contribution in [2.24, 2.45) is 0 Å². The van der Waals surface area contributed by atoms with Gasteiger partial charge in [-0.15, -0.1) is 0 Å². The molecule has 0 radical (unpaired) electrons. The highest BCUT2D eigenvalue weighted by Gasteiger charge is 2.21. The third kappa shape index (κ3) is 4.35. The third-order valence-corrected chi connectivity index (χ3v) is 6.52. The number of fused-ring (bicyclic) bond motifs is 1. The maximum Gasteiger partial charge on any atom is 0.246 e. The quantitative estimate of drug-likeness (QED) is 0.497. The molecule has 4 rings (SSSR count). The summed E-state index contributed by atoms with van der Waals surface area (Å²) in [6.07, 6.45) is 3.46. The smallest absolute Gasteiger partial charge is 0.246 e. The SMILES string of the molecule is COc1ccc(-c2coc3c(C)c(OC)c(/C(C)=C/C(=O)N4CCN(C)CC4)cc23)cc1OC. The van der Waals surface area contributed by atoms with E-state index in [9.17, 15) is 4.79 Å². The minimum absolute atomic E-state index is 0.0257. The Labute approximate surface area is 200 Å². The Hall–Kier alpha value is -3.45. The van der Waals surface area contributed by atoms with Gasteiger partial charge in [0.1, 0.15) is 11.3 Å². The second kappa shape index (κ2) is 9.81. The molecule has 0 N–H and O–H groups in total. The van der Waals surface area contributed by atoms with E-state index in [1.54, 1.807) is 33.7 Å². The zero-order chi connectivity index (χ0) is 24.4. The molecule has 7 nitrogen and oxygen atoms in total. The van der Waals surface area contributed by atoms with Crippen LogP contribution in [0.5, 0.6) is 17.2 Å². The number of carbonyl (C=O) groups excluding carboxylic acids is 1. The first kappa shape index (κ1) is 23.7. The molecular formula is C27H32N2O5. The van der Waals surface area contributed by atoms with E-state index >= 15 is 0 Å². The maximum atomic E-state index is 13.0. The van der Waals surface area contributed by atoms with E-state index < -0.39 is 0 Å². The van der Waals surface area contributed by atoms with Crippen molar-refractivity contribution < 1.29 is 23.4 Å². The van der Waals surface area contributed by atoms with Crippen molar-refractivity contribution in [3.8, 4) is 28.4 Å². The van der Waals surface area contributed by atoms with Gasteiger partial charge in [0.15, 0.2) is 11.5 Å². The molecule has 0 atom stereocenters. The van der Waals surface area contributed by atoms with E-state index in [4.69, 9.17) is 18.6 Å². The number of amides is 1. The van der Waals surface area contributed by atoms with Gasteiger partial charge in [-0.3, -0.25) is 4.79 Å². The number of methoxy groups -OCH3 is 3. The normalized spacial score (nSPS) is 15.0. The Balaban J connectivity index is 1.78. The predicted octanol–water partition coefficient (Wildman–Crippen LogP) is 4.61. The Morgan fingerprint density at radius 2 is 1.71 bits per heavy atom. The summed E-state index contributed by atoms with van der Waals surface area (Å²) in [6, 6.07) is 7.83. The molecule has 0 saturated carbocycles. The van der Waals surface area contributed by atoms with Crippen LogP contribution in [0.4, 0.5) is 0 Å². The number of furan rings is 1. The van der Waals surface area contributed by atoms with Gasteiger partial charge in [0.2, 0.25) is 5.91 Å². The number of carbonyl (C=O) groups is 1. The molecule has 1 amide bonds. The number of rotatable bonds is 6. The molecule has 1 aliphatic rings. The lowest BCUT2D eigenvalue weighted by Gasteiger charge is -2.31. The molecule has 180 valence electrons. The van der Waals surface area contributed by atoms with Gasteiger partial charge in [-0.1, -0.05) is 6.07 Å². The van der Waals surface area contributed by atoms with Crippen molar-refractivity contribution in [2.75, 3.05) is 54.6 Å². The van der Waals surface area contributed by atoms with Crippen LogP contribution in [-0.4, -0.2) is 70.3 Å². The van der Waals surface area contributed by atoms with Gasteiger partial charge in [0.25, 0.3) is 0 Å². The van der Waals surface area contributed by atoms with Crippen LogP contribution < -0.4 is 14.2 Å². The van der Waals surface area contributed by atoms with Crippen LogP contribution in [0, 0.1) is 6.92 Å². The molecule has 0 unspecified atom stereocenters. The molecular weight excluding hydrogens is 432 g/mol. The first-order valence-corrected chi connectivity index (χ1v) is 11.3. The molecule has 34 heavy (non-hydrogen) atoms. The zero-order valence-electron chi connectivity index (χ0n) is 20.7. The Kier molecular flexibility index (Phi) is 6.84. The highest BCUT2D eigenvalue weighted by atomic mass is 16.5. The molecule has 1 aromatic heterocycles. The number of aryl methyl sites for hydroxylation is 1. The van der Waals surface area contributed by atoms with E-state index in [0.717, 1.165) is 65.0 Å². The van der Waals surface area contributed by atoms with Gasteiger partial charge in [0, 0.05) is 54.3 Å². The van der Waals surface area contributed by atoms with Crippen LogP contribution in [0.1, 0.15) is 18.1 Å². The summed E-state index contributed by atoms with van der Waals surface area (Å²) in [5, 5.41) is 0.945. The molecule has 1 fully saturated rings. The second-order valence-electron chi connectivity index (χ2n) is 8.63. The van der Waals surface area contributed by atoms with Crippen molar-refractivity contribution in [1.82, 2.24) is 9.80 Å². The van der Waals surface area contributed by atoms with Crippen molar-refractivity contribution in [3.63, 3.8) is 0 Å². The van der Waals surface area contributed by atoms with Crippen molar-refractivity contribution in [2.45, 2.75) is 13.8 Å². The van der Waals surface area contributed by atoms with Crippen molar-refractivity contribution in [1.29, 1.82) is 0 Å². The average molecular weight is 465 g/mol. The molecule has 3 aromatic rings. The fourth-order valence-electron chi connectivity index (χ4n) is 4.48. The average Bonchev–Trinajstić information content (AvgIpc) is 3.28. The topological polar surface area (TPSA) is 64.4 Å². The molecule has 7 heteroatoms. The fourth-order valence-corrected chi connectivity index (χ4v) is 4.48. The molecule has 2 heterocycles. The van der Waals surface area contributed by atoms with Gasteiger partial charge < -0.3 is 28.4 Å². The van der Waals surface area contributed by atoms with Crippen LogP contribution >= 0.6 is 0 Å². The van der Waals surface area contributed by atoms with Crippen LogP contribution in [0.25, 0.3) is 27.7 Å². The lowest BCUT2D eigenvalue weighted by Crippen LogP contribution is -2.46. The standard InChI is InChI=1S/C27H32N2O5/c1-17(13-25(30)29-11-9-28(3)10-12-29)20-15-21-22(16-34-27(21)18(2)26(20)33-6)19-7-8-23(31-4)24(14-19)32-5/h7-8,13-16H,9-12H2,1-6H3/b17-13+. The van der Waals surface area contributed by atoms with Crippen molar-refractivity contribution >= 4 is 22.4 Å². The van der Waals surface area contributed by atoms with Gasteiger partial charge in [-0.2, -0.15) is 0 Å². The van der Waals surface area contributed by atoms with Crippen LogP contribution in [0.2, 0.25) is 0 Å². The molecule has 0 bridgehead atoms. The number of hydrogen-bond acceptors (Lipinski definition) is 6. The van der Waals surface area contributed by atoms with E-state index in [0.29, 0.717) is 17.2 Å². The molecule has 1 aliphatic heterocycles. The minimum Gasteiger partial charge on any atom is -0.496 e. The summed E-state index contributed by atoms with van der Waals surface area (Å²) in [7, 11) is 6.96. The van der Waals surface area contributed by atoms with Gasteiger partial charge in [0.05, 0.1) is 27.6 Å². The van der Waals surface area contributed by atoms with Crippen LogP contribution in [-0.2, 0) is 4.79 Å². The van der Waals surface area contributed by atoms with Gasteiger partial charge >= 0.3 is 0 Å². The highest BCUT2D eigenvalue weighted by molar-refractivity contribution is 6.02. The Bertz CT molecular complexity index is 1240. The first-order chi connectivity index (χ1) is 16.4. The number of hydrogen-bond donors (Lipinski definition) is 0. The summed E-state index contributed by atoms with van der Waals surface area (Å²) in [6.45, 7) is 7.17. The number of likely N-dealkylation sites (N-methyl/N-ethyl adjacent to an activating group) is 1. The second-order valence-corrected chi connectivity index (χ2v) is 8.63. The zero-order valence-corrected chi connectivity index (χ0v) is 20.7. The third-order valence-electron chi connectivity index (χ3n) is 6.52. The van der Waals surface area contributed by atoms with Crippen LogP contribution in [0.3, 0.4) is 0 Å². The molecule has 1 saturated heterocycles. The van der Waals surface area contributed by atoms with Crippen LogP contribution in [0.15, 0.2) is 41.0 Å².